The summed E-state index contributed by atoms with van der Waals surface area (Å²) in [5.41, 5.74) is 1.42. The van der Waals surface area contributed by atoms with E-state index in [4.69, 9.17) is 14.0 Å². The lowest BCUT2D eigenvalue weighted by atomic mass is 10.2. The number of nitrogens with zero attached hydrogens (tertiary/aromatic N) is 2. The first-order chi connectivity index (χ1) is 14.4. The van der Waals surface area contributed by atoms with Crippen LogP contribution in [0.3, 0.4) is 0 Å². The average Bonchev–Trinajstić information content (AvgIpc) is 3.25. The lowest BCUT2D eigenvalue weighted by Gasteiger charge is -2.03. The molecule has 9 nitrogen and oxygen atoms in total. The van der Waals surface area contributed by atoms with Crippen LogP contribution in [0.2, 0.25) is 0 Å². The molecule has 0 saturated heterocycles. The molecule has 0 amide bonds. The van der Waals surface area contributed by atoms with E-state index < -0.39 is 22.5 Å². The van der Waals surface area contributed by atoms with Crippen LogP contribution in [0.1, 0.15) is 11.5 Å². The molecule has 1 heterocycles. The van der Waals surface area contributed by atoms with Gasteiger partial charge in [-0.3, -0.25) is 4.79 Å². The molecule has 0 unspecified atom stereocenters. The van der Waals surface area contributed by atoms with E-state index in [1.807, 2.05) is 6.07 Å². The van der Waals surface area contributed by atoms with E-state index in [1.165, 1.54) is 6.08 Å². The van der Waals surface area contributed by atoms with Crippen LogP contribution in [-0.4, -0.2) is 38.2 Å². The van der Waals surface area contributed by atoms with Gasteiger partial charge in [0.25, 0.3) is 5.89 Å². The highest BCUT2D eigenvalue weighted by atomic mass is 32.2. The lowest BCUT2D eigenvalue weighted by molar-refractivity contribution is -0.144. The summed E-state index contributed by atoms with van der Waals surface area (Å²) in [6, 6.07) is 15.9. The number of sulfonamides is 1. The summed E-state index contributed by atoms with van der Waals surface area (Å²) in [5.74, 6) is 0.324. The van der Waals surface area contributed by atoms with Crippen molar-refractivity contribution >= 4 is 22.1 Å². The number of esters is 1. The molecule has 10 heteroatoms. The summed E-state index contributed by atoms with van der Waals surface area (Å²) in [6.07, 6.45) is 1.42. The Kier molecular flexibility index (Phi) is 6.94. The first-order valence-electron chi connectivity index (χ1n) is 8.80. The maximum atomic E-state index is 11.9. The molecule has 1 aromatic heterocycles. The van der Waals surface area contributed by atoms with Gasteiger partial charge in [0, 0.05) is 11.0 Å². The van der Waals surface area contributed by atoms with Gasteiger partial charge in [-0.05, 0) is 35.9 Å². The number of nitrogens with one attached hydrogen (secondary N) is 1. The van der Waals surface area contributed by atoms with Crippen molar-refractivity contribution in [1.29, 1.82) is 0 Å². The zero-order chi connectivity index (χ0) is 21.4. The van der Waals surface area contributed by atoms with Gasteiger partial charge in [-0.1, -0.05) is 35.5 Å². The molecule has 1 N–H and O–H groups in total. The number of rotatable bonds is 9. The van der Waals surface area contributed by atoms with Crippen molar-refractivity contribution in [1.82, 2.24) is 14.9 Å². The van der Waals surface area contributed by atoms with Crippen LogP contribution in [0.5, 0.6) is 5.75 Å². The fourth-order valence-corrected chi connectivity index (χ4v) is 3.06. The normalized spacial score (nSPS) is 11.5. The lowest BCUT2D eigenvalue weighted by Crippen LogP contribution is -2.29. The molecule has 0 aliphatic rings. The Morgan fingerprint density at radius 1 is 1.13 bits per heavy atom. The van der Waals surface area contributed by atoms with Gasteiger partial charge in [-0.15, -0.1) is 0 Å². The van der Waals surface area contributed by atoms with Crippen molar-refractivity contribution in [2.24, 2.45) is 0 Å². The zero-order valence-electron chi connectivity index (χ0n) is 16.0. The molecule has 0 bridgehead atoms. The van der Waals surface area contributed by atoms with Crippen LogP contribution in [0, 0.1) is 0 Å². The summed E-state index contributed by atoms with van der Waals surface area (Å²) >= 11 is 0. The number of aromatic nitrogens is 2. The average molecular weight is 429 g/mol. The summed E-state index contributed by atoms with van der Waals surface area (Å²) in [6.45, 7) is -0.801. The van der Waals surface area contributed by atoms with E-state index in [9.17, 15) is 13.2 Å². The van der Waals surface area contributed by atoms with Gasteiger partial charge < -0.3 is 14.0 Å². The van der Waals surface area contributed by atoms with Crippen LogP contribution in [0.15, 0.2) is 64.5 Å². The highest BCUT2D eigenvalue weighted by molar-refractivity contribution is 7.92. The summed E-state index contributed by atoms with van der Waals surface area (Å²) in [7, 11) is -2.22. The zero-order valence-corrected chi connectivity index (χ0v) is 16.8. The SMILES string of the molecule is COc1ccc(-c2noc(COC(=O)CNS(=O)(=O)/C=C/c3ccccc3)n2)cc1. The van der Waals surface area contributed by atoms with Crippen LogP contribution < -0.4 is 9.46 Å². The molecular weight excluding hydrogens is 410 g/mol. The standard InChI is InChI=1S/C20H19N3O6S/c1-27-17-9-7-16(8-10-17)20-22-18(29-23-20)14-28-19(24)13-21-30(25,26)12-11-15-5-3-2-4-6-15/h2-12,21H,13-14H2,1H3/b12-11+. The first-order valence-corrected chi connectivity index (χ1v) is 10.4. The molecule has 0 atom stereocenters. The highest BCUT2D eigenvalue weighted by Gasteiger charge is 2.13. The Labute approximate surface area is 173 Å². The molecule has 156 valence electrons. The van der Waals surface area contributed by atoms with Crippen molar-refractivity contribution in [3.05, 3.63) is 71.5 Å². The monoisotopic (exact) mass is 429 g/mol. The fourth-order valence-electron chi connectivity index (χ4n) is 2.30. The molecule has 2 aromatic carbocycles. The minimum Gasteiger partial charge on any atom is -0.497 e. The van der Waals surface area contributed by atoms with Gasteiger partial charge in [0.05, 0.1) is 7.11 Å². The maximum absolute atomic E-state index is 11.9. The third-order valence-corrected chi connectivity index (χ3v) is 4.87. The molecule has 30 heavy (non-hydrogen) atoms. The van der Waals surface area contributed by atoms with E-state index >= 15 is 0 Å². The predicted octanol–water partition coefficient (Wildman–Crippen LogP) is 2.38. The van der Waals surface area contributed by atoms with Crippen molar-refractivity contribution in [3.8, 4) is 17.1 Å². The van der Waals surface area contributed by atoms with Gasteiger partial charge in [-0.2, -0.15) is 4.98 Å². The third kappa shape index (κ3) is 6.26. The smallest absolute Gasteiger partial charge is 0.321 e. The van der Waals surface area contributed by atoms with Gasteiger partial charge >= 0.3 is 5.97 Å². The molecule has 0 aliphatic heterocycles. The number of hydrogen-bond donors (Lipinski definition) is 1. The molecule has 0 saturated carbocycles. The van der Waals surface area contributed by atoms with Crippen molar-refractivity contribution < 1.29 is 27.2 Å². The highest BCUT2D eigenvalue weighted by Crippen LogP contribution is 2.19. The largest absolute Gasteiger partial charge is 0.497 e. The Balaban J connectivity index is 1.47. The Morgan fingerprint density at radius 2 is 1.87 bits per heavy atom. The van der Waals surface area contributed by atoms with Crippen LogP contribution >= 0.6 is 0 Å². The number of methoxy groups -OCH3 is 1. The van der Waals surface area contributed by atoms with E-state index in [2.05, 4.69) is 14.9 Å². The number of benzene rings is 2. The summed E-state index contributed by atoms with van der Waals surface area (Å²) in [5, 5.41) is 4.80. The van der Waals surface area contributed by atoms with Crippen LogP contribution in [0.25, 0.3) is 17.5 Å². The molecule has 0 fully saturated rings. The quantitative estimate of drug-likeness (QED) is 0.515. The van der Waals surface area contributed by atoms with Crippen molar-refractivity contribution in [3.63, 3.8) is 0 Å². The second-order valence-corrected chi connectivity index (χ2v) is 7.63. The number of carbonyl (C=O) groups excluding carboxylic acids is 1. The first kappa shape index (κ1) is 21.2. The molecular formula is C20H19N3O6S. The van der Waals surface area contributed by atoms with Gasteiger partial charge in [0.2, 0.25) is 15.8 Å². The second-order valence-electron chi connectivity index (χ2n) is 5.98. The molecule has 3 aromatic rings. The maximum Gasteiger partial charge on any atom is 0.321 e. The minimum absolute atomic E-state index is 0.0843. The van der Waals surface area contributed by atoms with Crippen molar-refractivity contribution in [2.75, 3.05) is 13.7 Å². The predicted molar refractivity (Wildman–Crippen MR) is 108 cm³/mol. The van der Waals surface area contributed by atoms with Crippen LogP contribution in [-0.2, 0) is 26.2 Å². The third-order valence-electron chi connectivity index (χ3n) is 3.83. The van der Waals surface area contributed by atoms with E-state index in [-0.39, 0.29) is 12.5 Å². The fraction of sp³-hybridized carbons (Fsp3) is 0.150. The number of hydrogen-bond acceptors (Lipinski definition) is 8. The summed E-state index contributed by atoms with van der Waals surface area (Å²) < 4.78 is 41.1. The van der Waals surface area contributed by atoms with Gasteiger partial charge in [0.1, 0.15) is 12.3 Å². The van der Waals surface area contributed by atoms with Crippen molar-refractivity contribution in [2.45, 2.75) is 6.61 Å². The van der Waals surface area contributed by atoms with Gasteiger partial charge in [-0.25, -0.2) is 13.1 Å². The molecule has 3 rings (SSSR count). The Hall–Kier alpha value is -3.50. The topological polar surface area (TPSA) is 121 Å². The van der Waals surface area contributed by atoms with E-state index in [1.54, 1.807) is 55.6 Å². The van der Waals surface area contributed by atoms with E-state index in [0.717, 1.165) is 11.0 Å². The van der Waals surface area contributed by atoms with Crippen LogP contribution in [0.4, 0.5) is 0 Å². The minimum atomic E-state index is -3.79. The van der Waals surface area contributed by atoms with E-state index in [0.29, 0.717) is 17.1 Å². The summed E-state index contributed by atoms with van der Waals surface area (Å²) in [4.78, 5) is 15.9. The Bertz CT molecular complexity index is 1110. The molecule has 0 aliphatic carbocycles. The number of ether oxygens (including phenoxy) is 2. The number of carbonyl (C=O) groups is 1. The molecule has 0 spiro atoms. The molecule has 0 radical (unpaired) electrons. The Morgan fingerprint density at radius 3 is 2.57 bits per heavy atom. The van der Waals surface area contributed by atoms with Gasteiger partial charge in [0.15, 0.2) is 6.61 Å². The second kappa shape index (κ2) is 9.81.